The predicted octanol–water partition coefficient (Wildman–Crippen LogP) is 2.52. The van der Waals surface area contributed by atoms with Gasteiger partial charge in [-0.2, -0.15) is 0 Å². The molecule has 3 rings (SSSR count). The van der Waals surface area contributed by atoms with Crippen molar-refractivity contribution in [2.75, 3.05) is 11.4 Å². The van der Waals surface area contributed by atoms with Crippen molar-refractivity contribution in [2.24, 2.45) is 5.73 Å². The first-order valence-corrected chi connectivity index (χ1v) is 8.62. The van der Waals surface area contributed by atoms with Gasteiger partial charge in [-0.3, -0.25) is 14.9 Å². The minimum atomic E-state index is -0.524. The molecule has 2 aromatic carbocycles. The highest BCUT2D eigenvalue weighted by atomic mass is 16.2. The van der Waals surface area contributed by atoms with Gasteiger partial charge in [-0.25, -0.2) is 0 Å². The summed E-state index contributed by atoms with van der Waals surface area (Å²) in [5.41, 5.74) is 8.35. The molecule has 130 valence electrons. The van der Waals surface area contributed by atoms with Gasteiger partial charge in [0.15, 0.2) is 0 Å². The fraction of sp³-hybridized carbons (Fsp3) is 0.300. The molecule has 1 aliphatic heterocycles. The number of piperidine rings is 1. The van der Waals surface area contributed by atoms with Gasteiger partial charge in [0, 0.05) is 25.2 Å². The Bertz CT molecular complexity index is 728. The summed E-state index contributed by atoms with van der Waals surface area (Å²) in [6, 6.07) is 16.8. The minimum Gasteiger partial charge on any atom is -0.368 e. The van der Waals surface area contributed by atoms with Gasteiger partial charge in [-0.05, 0) is 36.1 Å². The van der Waals surface area contributed by atoms with E-state index in [0.717, 1.165) is 36.2 Å². The van der Waals surface area contributed by atoms with E-state index in [1.54, 1.807) is 0 Å². The summed E-state index contributed by atoms with van der Waals surface area (Å²) in [6.45, 7) is 1.31. The van der Waals surface area contributed by atoms with Crippen LogP contribution in [-0.2, 0) is 16.1 Å². The van der Waals surface area contributed by atoms with Crippen molar-refractivity contribution in [3.63, 3.8) is 0 Å². The number of primary amides is 1. The Morgan fingerprint density at radius 2 is 1.80 bits per heavy atom. The number of rotatable bonds is 6. The van der Waals surface area contributed by atoms with E-state index in [1.165, 1.54) is 0 Å². The van der Waals surface area contributed by atoms with Crippen LogP contribution in [0.1, 0.15) is 36.4 Å². The lowest BCUT2D eigenvalue weighted by Gasteiger charge is -2.27. The molecular weight excluding hydrogens is 314 g/mol. The van der Waals surface area contributed by atoms with Crippen LogP contribution in [0.2, 0.25) is 0 Å². The second kappa shape index (κ2) is 7.94. The number of nitrogens with zero attached hydrogens (tertiary/aromatic N) is 1. The van der Waals surface area contributed by atoms with Crippen LogP contribution in [-0.4, -0.2) is 18.4 Å². The lowest BCUT2D eigenvalue weighted by atomic mass is 10.1. The highest BCUT2D eigenvalue weighted by Gasteiger charge is 2.20. The quantitative estimate of drug-likeness (QED) is 0.850. The van der Waals surface area contributed by atoms with Crippen molar-refractivity contribution in [3.05, 3.63) is 65.7 Å². The third kappa shape index (κ3) is 4.25. The third-order valence-electron chi connectivity index (χ3n) is 4.50. The Morgan fingerprint density at radius 1 is 1.08 bits per heavy atom. The third-order valence-corrected chi connectivity index (χ3v) is 4.50. The van der Waals surface area contributed by atoms with E-state index in [2.05, 4.69) is 5.32 Å². The highest BCUT2D eigenvalue weighted by molar-refractivity contribution is 5.93. The maximum absolute atomic E-state index is 12.0. The van der Waals surface area contributed by atoms with Crippen LogP contribution in [0.4, 0.5) is 5.69 Å². The van der Waals surface area contributed by atoms with Gasteiger partial charge in [-0.1, -0.05) is 42.5 Å². The molecule has 5 heteroatoms. The average molecular weight is 337 g/mol. The molecule has 1 unspecified atom stereocenters. The first-order chi connectivity index (χ1) is 12.1. The Balaban J connectivity index is 1.65. The van der Waals surface area contributed by atoms with Crippen LogP contribution in [0.15, 0.2) is 54.6 Å². The molecule has 5 nitrogen and oxygen atoms in total. The first-order valence-electron chi connectivity index (χ1n) is 8.62. The van der Waals surface area contributed by atoms with E-state index in [1.807, 2.05) is 59.5 Å². The summed E-state index contributed by atoms with van der Waals surface area (Å²) in [5.74, 6) is -0.211. The second-order valence-electron chi connectivity index (χ2n) is 6.30. The fourth-order valence-corrected chi connectivity index (χ4v) is 3.12. The molecule has 0 radical (unpaired) electrons. The number of hydrogen-bond donors (Lipinski definition) is 2. The van der Waals surface area contributed by atoms with Crippen LogP contribution in [0.5, 0.6) is 0 Å². The normalized spacial score (nSPS) is 15.8. The molecule has 0 aliphatic carbocycles. The van der Waals surface area contributed by atoms with Gasteiger partial charge >= 0.3 is 0 Å². The average Bonchev–Trinajstić information content (AvgIpc) is 2.64. The first kappa shape index (κ1) is 17.2. The van der Waals surface area contributed by atoms with E-state index < -0.39 is 11.9 Å². The molecule has 25 heavy (non-hydrogen) atoms. The molecule has 0 saturated carbocycles. The minimum absolute atomic E-state index is 0.190. The molecule has 3 N–H and O–H groups in total. The molecule has 2 amide bonds. The van der Waals surface area contributed by atoms with E-state index in [4.69, 9.17) is 5.73 Å². The number of carbonyl (C=O) groups is 2. The molecule has 1 saturated heterocycles. The molecule has 1 fully saturated rings. The van der Waals surface area contributed by atoms with Crippen molar-refractivity contribution in [2.45, 2.75) is 31.8 Å². The van der Waals surface area contributed by atoms with E-state index >= 15 is 0 Å². The number of benzene rings is 2. The molecule has 0 aromatic heterocycles. The predicted molar refractivity (Wildman–Crippen MR) is 97.9 cm³/mol. The maximum atomic E-state index is 12.0. The zero-order valence-corrected chi connectivity index (χ0v) is 14.2. The van der Waals surface area contributed by atoms with Gasteiger partial charge in [0.05, 0.1) is 0 Å². The number of nitrogens with two attached hydrogens (primary N) is 1. The van der Waals surface area contributed by atoms with Crippen molar-refractivity contribution in [3.8, 4) is 0 Å². The fourth-order valence-electron chi connectivity index (χ4n) is 3.12. The molecule has 2 aromatic rings. The lowest BCUT2D eigenvalue weighted by molar-refractivity contribution is -0.120. The smallest absolute Gasteiger partial charge is 0.239 e. The summed E-state index contributed by atoms with van der Waals surface area (Å²) in [6.07, 6.45) is 2.65. The standard InChI is InChI=1S/C20H23N3O2/c21-20(25)19(16-6-2-1-3-7-16)22-14-15-9-11-17(12-10-15)23-13-5-4-8-18(23)24/h1-3,6-7,9-12,19,22H,4-5,8,13-14H2,(H2,21,25). The topological polar surface area (TPSA) is 75.4 Å². The number of hydrogen-bond acceptors (Lipinski definition) is 3. The Labute approximate surface area is 147 Å². The van der Waals surface area contributed by atoms with Crippen molar-refractivity contribution in [1.29, 1.82) is 0 Å². The van der Waals surface area contributed by atoms with Crippen LogP contribution < -0.4 is 16.0 Å². The van der Waals surface area contributed by atoms with Gasteiger partial charge in [0.2, 0.25) is 11.8 Å². The Morgan fingerprint density at radius 3 is 2.44 bits per heavy atom. The SMILES string of the molecule is NC(=O)C(NCc1ccc(N2CCCCC2=O)cc1)c1ccccc1. The number of anilines is 1. The Kier molecular flexibility index (Phi) is 5.46. The van der Waals surface area contributed by atoms with Gasteiger partial charge in [0.25, 0.3) is 0 Å². The van der Waals surface area contributed by atoms with Gasteiger partial charge < -0.3 is 10.6 Å². The number of amides is 2. The molecule has 0 bridgehead atoms. The molecule has 1 aliphatic rings. The molecule has 1 heterocycles. The number of carbonyl (C=O) groups excluding carboxylic acids is 2. The van der Waals surface area contributed by atoms with E-state index in [-0.39, 0.29) is 5.91 Å². The summed E-state index contributed by atoms with van der Waals surface area (Å²) in [4.78, 5) is 25.6. The van der Waals surface area contributed by atoms with Crippen molar-refractivity contribution < 1.29 is 9.59 Å². The van der Waals surface area contributed by atoms with Crippen LogP contribution >= 0.6 is 0 Å². The second-order valence-corrected chi connectivity index (χ2v) is 6.30. The number of nitrogens with one attached hydrogen (secondary N) is 1. The zero-order chi connectivity index (χ0) is 17.6. The molecule has 0 spiro atoms. The highest BCUT2D eigenvalue weighted by Crippen LogP contribution is 2.21. The molecular formula is C20H23N3O2. The monoisotopic (exact) mass is 337 g/mol. The lowest BCUT2D eigenvalue weighted by Crippen LogP contribution is -2.35. The van der Waals surface area contributed by atoms with E-state index in [0.29, 0.717) is 13.0 Å². The van der Waals surface area contributed by atoms with Crippen LogP contribution in [0, 0.1) is 0 Å². The van der Waals surface area contributed by atoms with Crippen LogP contribution in [0.25, 0.3) is 0 Å². The van der Waals surface area contributed by atoms with Gasteiger partial charge in [0.1, 0.15) is 6.04 Å². The van der Waals surface area contributed by atoms with Gasteiger partial charge in [-0.15, -0.1) is 0 Å². The summed E-state index contributed by atoms with van der Waals surface area (Å²) in [7, 11) is 0. The zero-order valence-electron chi connectivity index (χ0n) is 14.2. The summed E-state index contributed by atoms with van der Waals surface area (Å²) >= 11 is 0. The Hall–Kier alpha value is -2.66. The maximum Gasteiger partial charge on any atom is 0.239 e. The largest absolute Gasteiger partial charge is 0.368 e. The molecule has 1 atom stereocenters. The van der Waals surface area contributed by atoms with Crippen LogP contribution in [0.3, 0.4) is 0 Å². The summed E-state index contributed by atoms with van der Waals surface area (Å²) < 4.78 is 0. The van der Waals surface area contributed by atoms with E-state index in [9.17, 15) is 9.59 Å². The van der Waals surface area contributed by atoms with Crippen molar-refractivity contribution in [1.82, 2.24) is 5.32 Å². The van der Waals surface area contributed by atoms with Crippen molar-refractivity contribution >= 4 is 17.5 Å². The summed E-state index contributed by atoms with van der Waals surface area (Å²) in [5, 5.41) is 3.20.